The Morgan fingerprint density at radius 2 is 1.11 bits per heavy atom. The van der Waals surface area contributed by atoms with Gasteiger partial charge in [-0.15, -0.1) is 0 Å². The van der Waals surface area contributed by atoms with Crippen LogP contribution in [0.15, 0.2) is 72.8 Å². The molecule has 4 nitrogen and oxygen atoms in total. The van der Waals surface area contributed by atoms with Gasteiger partial charge in [0, 0.05) is 73.5 Å². The highest BCUT2D eigenvalue weighted by Gasteiger charge is 2.33. The van der Waals surface area contributed by atoms with Crippen LogP contribution in [0.2, 0.25) is 0 Å². The van der Waals surface area contributed by atoms with Gasteiger partial charge in [-0.25, -0.2) is 0 Å². The van der Waals surface area contributed by atoms with E-state index in [1.54, 1.807) is 0 Å². The second kappa shape index (κ2) is 7.64. The highest BCUT2D eigenvalue weighted by atomic mass is 15.1. The quantitative estimate of drug-likeness (QED) is 0.259. The second-order valence-corrected chi connectivity index (χ2v) is 12.3. The number of para-hydroxylation sites is 3. The van der Waals surface area contributed by atoms with E-state index in [-0.39, 0.29) is 11.1 Å². The molecule has 0 aliphatic carbocycles. The van der Waals surface area contributed by atoms with Gasteiger partial charge in [-0.05, 0) is 59.2 Å². The van der Waals surface area contributed by atoms with Crippen molar-refractivity contribution >= 4 is 65.4 Å². The molecule has 3 aromatic heterocycles. The van der Waals surface area contributed by atoms with Crippen LogP contribution in [-0.4, -0.2) is 19.2 Å². The van der Waals surface area contributed by atoms with Crippen LogP contribution in [0.25, 0.3) is 65.4 Å². The van der Waals surface area contributed by atoms with E-state index >= 15 is 0 Å². The minimum atomic E-state index is -0.304. The molecule has 192 valence electrons. The summed E-state index contributed by atoms with van der Waals surface area (Å²) in [6.07, 6.45) is 0.856. The van der Waals surface area contributed by atoms with Crippen LogP contribution in [0.1, 0.15) is 41.0 Å². The van der Waals surface area contributed by atoms with E-state index in [1.807, 2.05) is 0 Å². The molecule has 0 spiro atoms. The van der Waals surface area contributed by atoms with Gasteiger partial charge in [-0.1, -0.05) is 54.6 Å². The largest absolute Gasteiger partial charge is 0.343 e. The first-order chi connectivity index (χ1) is 18.1. The van der Waals surface area contributed by atoms with Crippen molar-refractivity contribution in [2.24, 2.45) is 12.8 Å². The maximum absolute atomic E-state index is 6.69. The Balaban J connectivity index is 1.90. The minimum absolute atomic E-state index is 0.208. The van der Waals surface area contributed by atoms with E-state index in [1.165, 1.54) is 65.4 Å². The molecule has 4 aromatic carbocycles. The third-order valence-corrected chi connectivity index (χ3v) is 8.47. The van der Waals surface area contributed by atoms with Crippen LogP contribution < -0.4 is 5.73 Å². The number of nitrogens with zero attached hydrogens (tertiary/aromatic N) is 3. The van der Waals surface area contributed by atoms with Gasteiger partial charge in [0.25, 0.3) is 0 Å². The number of hydrogen-bond acceptors (Lipinski definition) is 1. The number of fused-ring (bicyclic) bond motifs is 12. The predicted octanol–water partition coefficient (Wildman–Crippen LogP) is 8.43. The summed E-state index contributed by atoms with van der Waals surface area (Å²) < 4.78 is 7.56. The summed E-state index contributed by atoms with van der Waals surface area (Å²) in [5, 5.41) is 7.97. The van der Waals surface area contributed by atoms with Gasteiger partial charge in [0.1, 0.15) is 0 Å². The van der Waals surface area contributed by atoms with Crippen molar-refractivity contribution in [3.63, 3.8) is 0 Å². The maximum atomic E-state index is 6.69. The Labute approximate surface area is 223 Å². The van der Waals surface area contributed by atoms with Crippen LogP contribution in [0.3, 0.4) is 0 Å². The van der Waals surface area contributed by atoms with Crippen molar-refractivity contribution in [3.05, 3.63) is 72.8 Å². The Morgan fingerprint density at radius 1 is 0.632 bits per heavy atom. The van der Waals surface area contributed by atoms with Gasteiger partial charge >= 0.3 is 0 Å². The molecule has 0 aliphatic heterocycles. The summed E-state index contributed by atoms with van der Waals surface area (Å²) in [5.41, 5.74) is 14.0. The number of hydrogen-bond donors (Lipinski definition) is 1. The molecule has 0 saturated carbocycles. The molecular formula is C34H36N4. The fourth-order valence-electron chi connectivity index (χ4n) is 7.60. The molecular weight excluding hydrogens is 464 g/mol. The fraction of sp³-hybridized carbons (Fsp3) is 0.294. The van der Waals surface area contributed by atoms with E-state index in [0.717, 1.165) is 13.0 Å². The first-order valence-electron chi connectivity index (χ1n) is 13.8. The van der Waals surface area contributed by atoms with Crippen molar-refractivity contribution in [3.8, 4) is 0 Å². The fourth-order valence-corrected chi connectivity index (χ4v) is 7.60. The Kier molecular flexibility index (Phi) is 4.70. The van der Waals surface area contributed by atoms with Gasteiger partial charge in [0.15, 0.2) is 0 Å². The van der Waals surface area contributed by atoms with E-state index in [4.69, 9.17) is 5.73 Å². The smallest absolute Gasteiger partial charge is 0.0619 e. The van der Waals surface area contributed by atoms with Crippen LogP contribution in [0, 0.1) is 0 Å². The molecule has 7 rings (SSSR count). The topological polar surface area (TPSA) is 40.8 Å². The Morgan fingerprint density at radius 3 is 1.71 bits per heavy atom. The van der Waals surface area contributed by atoms with Crippen molar-refractivity contribution in [2.45, 2.75) is 58.7 Å². The van der Waals surface area contributed by atoms with Crippen molar-refractivity contribution in [2.75, 3.05) is 0 Å². The molecule has 2 N–H and O–H groups in total. The lowest BCUT2D eigenvalue weighted by atomic mass is 9.87. The van der Waals surface area contributed by atoms with Crippen LogP contribution >= 0.6 is 0 Å². The number of nitrogens with two attached hydrogens (primary N) is 1. The number of benzene rings is 4. The standard InChI is InChI=1S/C34H36N4/c1-7-37-25-18-12-9-15-22(25)27-30-28(21-14-8-11-17-24(21)36(30)6)32-29(31(27)37)23-16-10-13-19-26(23)38(32)34(4,5)20-33(2,3)35/h8-19H,7,20,35H2,1-6H3. The van der Waals surface area contributed by atoms with Crippen LogP contribution in [-0.2, 0) is 19.1 Å². The molecule has 0 saturated heterocycles. The molecule has 0 amide bonds. The molecule has 3 heterocycles. The molecule has 0 unspecified atom stereocenters. The second-order valence-electron chi connectivity index (χ2n) is 12.3. The average Bonchev–Trinajstić information content (AvgIpc) is 3.49. The molecule has 0 fully saturated rings. The van der Waals surface area contributed by atoms with Crippen molar-refractivity contribution < 1.29 is 0 Å². The van der Waals surface area contributed by atoms with Crippen LogP contribution in [0.4, 0.5) is 0 Å². The molecule has 0 aliphatic rings. The molecule has 4 heteroatoms. The van der Waals surface area contributed by atoms with E-state index < -0.39 is 0 Å². The summed E-state index contributed by atoms with van der Waals surface area (Å²) >= 11 is 0. The SMILES string of the molecule is CCn1c2ccccc2c2c3c(c4ccccc4n3C)c3c(c4ccccc4n3C(C)(C)CC(C)(C)N)c21. The normalized spacial score (nSPS) is 13.3. The Bertz CT molecular complexity index is 2050. The Hall–Kier alpha value is -3.76. The zero-order valence-electron chi connectivity index (χ0n) is 23.3. The van der Waals surface area contributed by atoms with Crippen LogP contribution in [0.5, 0.6) is 0 Å². The molecule has 7 aromatic rings. The maximum Gasteiger partial charge on any atom is 0.0619 e. The highest BCUT2D eigenvalue weighted by Crippen LogP contribution is 2.49. The number of rotatable bonds is 4. The lowest BCUT2D eigenvalue weighted by Crippen LogP contribution is -2.41. The minimum Gasteiger partial charge on any atom is -0.343 e. The van der Waals surface area contributed by atoms with Crippen molar-refractivity contribution in [1.82, 2.24) is 13.7 Å². The monoisotopic (exact) mass is 500 g/mol. The summed E-state index contributed by atoms with van der Waals surface area (Å²) in [4.78, 5) is 0. The number of aryl methyl sites for hydroxylation is 2. The summed E-state index contributed by atoms with van der Waals surface area (Å²) in [6.45, 7) is 12.2. The predicted molar refractivity (Wildman–Crippen MR) is 164 cm³/mol. The zero-order chi connectivity index (χ0) is 26.6. The molecule has 0 radical (unpaired) electrons. The van der Waals surface area contributed by atoms with Gasteiger partial charge in [0.05, 0.1) is 16.6 Å². The van der Waals surface area contributed by atoms with Gasteiger partial charge < -0.3 is 19.4 Å². The first kappa shape index (κ1) is 23.4. The van der Waals surface area contributed by atoms with E-state index in [2.05, 4.69) is 128 Å². The zero-order valence-corrected chi connectivity index (χ0v) is 23.3. The van der Waals surface area contributed by atoms with Crippen molar-refractivity contribution in [1.29, 1.82) is 0 Å². The summed E-state index contributed by atoms with van der Waals surface area (Å²) in [6, 6.07) is 26.8. The third-order valence-electron chi connectivity index (χ3n) is 8.47. The molecule has 38 heavy (non-hydrogen) atoms. The summed E-state index contributed by atoms with van der Waals surface area (Å²) in [7, 11) is 2.23. The molecule has 0 bridgehead atoms. The molecule has 0 atom stereocenters. The van der Waals surface area contributed by atoms with Gasteiger partial charge in [0.2, 0.25) is 0 Å². The lowest BCUT2D eigenvalue weighted by Gasteiger charge is -2.35. The van der Waals surface area contributed by atoms with Gasteiger partial charge in [-0.3, -0.25) is 0 Å². The van der Waals surface area contributed by atoms with Gasteiger partial charge in [-0.2, -0.15) is 0 Å². The van der Waals surface area contributed by atoms with E-state index in [0.29, 0.717) is 0 Å². The van der Waals surface area contributed by atoms with E-state index in [9.17, 15) is 0 Å². The average molecular weight is 501 g/mol. The highest BCUT2D eigenvalue weighted by molar-refractivity contribution is 6.39. The first-order valence-corrected chi connectivity index (χ1v) is 13.8. The number of aromatic nitrogens is 3. The lowest BCUT2D eigenvalue weighted by molar-refractivity contribution is 0.272. The third kappa shape index (κ3) is 2.95. The summed E-state index contributed by atoms with van der Waals surface area (Å²) in [5.74, 6) is 0.